The van der Waals surface area contributed by atoms with Crippen LogP contribution in [0.2, 0.25) is 5.02 Å². The predicted molar refractivity (Wildman–Crippen MR) is 97.4 cm³/mol. The molecule has 0 radical (unpaired) electrons. The lowest BCUT2D eigenvalue weighted by molar-refractivity contribution is -0.121. The van der Waals surface area contributed by atoms with Crippen LogP contribution < -0.4 is 10.2 Å². The summed E-state index contributed by atoms with van der Waals surface area (Å²) < 4.78 is 13.1. The Kier molecular flexibility index (Phi) is 5.83. The molecule has 1 aliphatic heterocycles. The number of anilines is 1. The molecule has 1 N–H and O–H groups in total. The summed E-state index contributed by atoms with van der Waals surface area (Å²) in [5.41, 5.74) is 1.69. The number of rotatable bonds is 6. The van der Waals surface area contributed by atoms with E-state index in [4.69, 9.17) is 11.6 Å². The first-order valence-corrected chi connectivity index (χ1v) is 8.86. The third kappa shape index (κ3) is 4.58. The molecule has 1 fully saturated rings. The van der Waals surface area contributed by atoms with Crippen LogP contribution in [0.15, 0.2) is 36.5 Å². The summed E-state index contributed by atoms with van der Waals surface area (Å²) >= 11 is 5.74. The van der Waals surface area contributed by atoms with Crippen LogP contribution in [-0.2, 0) is 22.6 Å². The Bertz CT molecular complexity index is 828. The quantitative estimate of drug-likeness (QED) is 0.843. The normalized spacial score (nSPS) is 13.9. The molecule has 2 amide bonds. The number of hydrogen-bond donors (Lipinski definition) is 1. The van der Waals surface area contributed by atoms with Gasteiger partial charge in [0.2, 0.25) is 11.8 Å². The van der Waals surface area contributed by atoms with Gasteiger partial charge in [0.25, 0.3) is 0 Å². The molecule has 5 nitrogen and oxygen atoms in total. The number of aryl methyl sites for hydroxylation is 1. The van der Waals surface area contributed by atoms with E-state index in [1.807, 2.05) is 12.1 Å². The average Bonchev–Trinajstić information content (AvgIpc) is 3.07. The van der Waals surface area contributed by atoms with E-state index in [1.165, 1.54) is 12.1 Å². The second-order valence-corrected chi connectivity index (χ2v) is 6.60. The molecule has 136 valence electrons. The van der Waals surface area contributed by atoms with Crippen molar-refractivity contribution >= 4 is 29.2 Å². The summed E-state index contributed by atoms with van der Waals surface area (Å²) in [5, 5.41) is 2.91. The summed E-state index contributed by atoms with van der Waals surface area (Å²) in [6, 6.07) is 8.09. The van der Waals surface area contributed by atoms with Crippen molar-refractivity contribution in [2.75, 3.05) is 11.4 Å². The van der Waals surface area contributed by atoms with Crippen LogP contribution in [-0.4, -0.2) is 23.3 Å². The zero-order chi connectivity index (χ0) is 18.5. The zero-order valence-electron chi connectivity index (χ0n) is 14.2. The minimum absolute atomic E-state index is 0.0590. The van der Waals surface area contributed by atoms with Gasteiger partial charge in [0.1, 0.15) is 11.6 Å². The van der Waals surface area contributed by atoms with E-state index in [0.717, 1.165) is 17.5 Å². The Balaban J connectivity index is 1.51. The molecular formula is C19H19ClFN3O2. The molecule has 26 heavy (non-hydrogen) atoms. The van der Waals surface area contributed by atoms with E-state index in [9.17, 15) is 14.0 Å². The molecule has 2 heterocycles. The molecule has 2 aromatic rings. The van der Waals surface area contributed by atoms with Gasteiger partial charge in [-0.05, 0) is 48.2 Å². The number of nitrogens with one attached hydrogen (secondary N) is 1. The smallest absolute Gasteiger partial charge is 0.228 e. The lowest BCUT2D eigenvalue weighted by Gasteiger charge is -2.15. The first-order chi connectivity index (χ1) is 12.5. The van der Waals surface area contributed by atoms with Crippen molar-refractivity contribution in [3.05, 3.63) is 58.5 Å². The van der Waals surface area contributed by atoms with Gasteiger partial charge in [-0.15, -0.1) is 0 Å². The highest BCUT2D eigenvalue weighted by atomic mass is 35.5. The number of hydrogen-bond acceptors (Lipinski definition) is 3. The molecule has 7 heteroatoms. The topological polar surface area (TPSA) is 62.3 Å². The van der Waals surface area contributed by atoms with Gasteiger partial charge in [0.05, 0.1) is 5.02 Å². The maximum Gasteiger partial charge on any atom is 0.228 e. The van der Waals surface area contributed by atoms with Gasteiger partial charge in [-0.2, -0.15) is 0 Å². The molecule has 0 bridgehead atoms. The van der Waals surface area contributed by atoms with Crippen molar-refractivity contribution in [2.24, 2.45) is 0 Å². The molecule has 0 atom stereocenters. The highest BCUT2D eigenvalue weighted by Crippen LogP contribution is 2.20. The van der Waals surface area contributed by atoms with Crippen molar-refractivity contribution in [1.82, 2.24) is 10.3 Å². The summed E-state index contributed by atoms with van der Waals surface area (Å²) in [6.45, 7) is 1.04. The van der Waals surface area contributed by atoms with Gasteiger partial charge >= 0.3 is 0 Å². The van der Waals surface area contributed by atoms with Crippen LogP contribution in [0.1, 0.15) is 30.4 Å². The molecule has 1 aromatic heterocycles. The van der Waals surface area contributed by atoms with Gasteiger partial charge in [-0.3, -0.25) is 14.5 Å². The number of aromatic nitrogens is 1. The summed E-state index contributed by atoms with van der Waals surface area (Å²) in [4.78, 5) is 29.7. The third-order valence-corrected chi connectivity index (χ3v) is 4.56. The van der Waals surface area contributed by atoms with Gasteiger partial charge < -0.3 is 5.32 Å². The van der Waals surface area contributed by atoms with Gasteiger partial charge in [0, 0.05) is 32.1 Å². The molecule has 0 unspecified atom stereocenters. The first-order valence-electron chi connectivity index (χ1n) is 8.49. The minimum atomic E-state index is -0.468. The van der Waals surface area contributed by atoms with E-state index in [0.29, 0.717) is 31.7 Å². The van der Waals surface area contributed by atoms with Crippen molar-refractivity contribution in [2.45, 2.75) is 32.2 Å². The van der Waals surface area contributed by atoms with Crippen LogP contribution in [0.5, 0.6) is 0 Å². The Morgan fingerprint density at radius 1 is 1.27 bits per heavy atom. The number of carbonyl (C=O) groups is 2. The number of nitrogens with zero attached hydrogens (tertiary/aromatic N) is 2. The average molecular weight is 376 g/mol. The summed E-state index contributed by atoms with van der Waals surface area (Å²) in [6.07, 6.45) is 3.80. The van der Waals surface area contributed by atoms with Crippen molar-refractivity contribution in [3.8, 4) is 0 Å². The van der Waals surface area contributed by atoms with Crippen molar-refractivity contribution in [3.63, 3.8) is 0 Å². The van der Waals surface area contributed by atoms with Crippen LogP contribution in [0.4, 0.5) is 10.2 Å². The first kappa shape index (κ1) is 18.3. The fourth-order valence-electron chi connectivity index (χ4n) is 2.85. The standard InChI is InChI=1S/C19H19ClFN3O2/c20-15-10-13(3-5-16(15)21)4-6-18(25)23-12-14-7-8-22-17(11-14)24-9-1-2-19(24)26/h3,5,7-8,10-11H,1-2,4,6,9,12H2,(H,23,25). The van der Waals surface area contributed by atoms with Crippen LogP contribution in [0.25, 0.3) is 0 Å². The maximum absolute atomic E-state index is 13.1. The Morgan fingerprint density at radius 2 is 2.12 bits per heavy atom. The molecule has 1 aliphatic rings. The Labute approximate surface area is 156 Å². The second-order valence-electron chi connectivity index (χ2n) is 6.20. The zero-order valence-corrected chi connectivity index (χ0v) is 14.9. The predicted octanol–water partition coefficient (Wildman–Crippen LogP) is 3.25. The molecule has 1 saturated heterocycles. The molecule has 1 aromatic carbocycles. The molecular weight excluding hydrogens is 357 g/mol. The molecule has 0 saturated carbocycles. The van der Waals surface area contributed by atoms with E-state index < -0.39 is 5.82 Å². The Hall–Kier alpha value is -2.47. The number of amides is 2. The molecule has 3 rings (SSSR count). The maximum atomic E-state index is 13.1. The van der Waals surface area contributed by atoms with Crippen molar-refractivity contribution < 1.29 is 14.0 Å². The highest BCUT2D eigenvalue weighted by Gasteiger charge is 2.22. The summed E-state index contributed by atoms with van der Waals surface area (Å²) in [7, 11) is 0. The van der Waals surface area contributed by atoms with E-state index >= 15 is 0 Å². The highest BCUT2D eigenvalue weighted by molar-refractivity contribution is 6.30. The van der Waals surface area contributed by atoms with E-state index in [2.05, 4.69) is 10.3 Å². The molecule has 0 aliphatic carbocycles. The SMILES string of the molecule is O=C(CCc1ccc(F)c(Cl)c1)NCc1ccnc(N2CCCC2=O)c1. The van der Waals surface area contributed by atoms with Crippen LogP contribution >= 0.6 is 11.6 Å². The fraction of sp³-hybridized carbons (Fsp3) is 0.316. The van der Waals surface area contributed by atoms with Crippen LogP contribution in [0, 0.1) is 5.82 Å². The number of carbonyl (C=O) groups excluding carboxylic acids is 2. The van der Waals surface area contributed by atoms with Crippen molar-refractivity contribution in [1.29, 1.82) is 0 Å². The van der Waals surface area contributed by atoms with E-state index in [1.54, 1.807) is 17.2 Å². The third-order valence-electron chi connectivity index (χ3n) is 4.27. The largest absolute Gasteiger partial charge is 0.352 e. The number of halogens is 2. The van der Waals surface area contributed by atoms with Gasteiger partial charge in [-0.1, -0.05) is 17.7 Å². The lowest BCUT2D eigenvalue weighted by Crippen LogP contribution is -2.26. The summed E-state index contributed by atoms with van der Waals surface area (Å²) in [5.74, 6) is 0.128. The monoisotopic (exact) mass is 375 g/mol. The van der Waals surface area contributed by atoms with Gasteiger partial charge in [-0.25, -0.2) is 9.37 Å². The molecule has 0 spiro atoms. The van der Waals surface area contributed by atoms with Crippen LogP contribution in [0.3, 0.4) is 0 Å². The van der Waals surface area contributed by atoms with Gasteiger partial charge in [0.15, 0.2) is 0 Å². The second kappa shape index (κ2) is 8.27. The van der Waals surface area contributed by atoms with E-state index in [-0.39, 0.29) is 23.3 Å². The minimum Gasteiger partial charge on any atom is -0.352 e. The fourth-order valence-corrected chi connectivity index (χ4v) is 3.05. The lowest BCUT2D eigenvalue weighted by atomic mass is 10.1. The number of pyridine rings is 1. The Morgan fingerprint density at radius 3 is 2.85 bits per heavy atom. The number of benzene rings is 1.